The molecule has 0 unspecified atom stereocenters. The van der Waals surface area contributed by atoms with Gasteiger partial charge in [-0.25, -0.2) is 0 Å². The molecule has 0 radical (unpaired) electrons. The Morgan fingerprint density at radius 1 is 0.486 bits per heavy atom. The van der Waals surface area contributed by atoms with Crippen LogP contribution in [0.15, 0.2) is 121 Å². The van der Waals surface area contributed by atoms with Gasteiger partial charge in [-0.3, -0.25) is 0 Å². The van der Waals surface area contributed by atoms with E-state index in [2.05, 4.69) is 133 Å². The lowest BCUT2D eigenvalue weighted by Crippen LogP contribution is -2.08. The molecule has 0 amide bonds. The molecule has 0 spiro atoms. The second-order valence-electron chi connectivity index (χ2n) is 9.08. The minimum atomic E-state index is 1.18. The fraction of sp³-hybridized carbons (Fsp3) is 0.0303. The average Bonchev–Trinajstić information content (AvgIpc) is 3.30. The number of hydrogen-bond donors (Lipinski definition) is 0. The number of anilines is 2. The molecule has 0 aliphatic rings. The number of rotatable bonds is 3. The van der Waals surface area contributed by atoms with Crippen LogP contribution in [0, 0.1) is 0 Å². The van der Waals surface area contributed by atoms with Crippen LogP contribution in [-0.4, -0.2) is 7.05 Å². The molecular formula is C33H23NS. The summed E-state index contributed by atoms with van der Waals surface area (Å²) < 4.78 is 2.68. The SMILES string of the molecule is CN(c1ccc(-c2cc3ccccc3c3ccccc23)cc1)c1ccc2sc3ccccc3c2c1. The van der Waals surface area contributed by atoms with E-state index in [1.54, 1.807) is 0 Å². The molecular weight excluding hydrogens is 442 g/mol. The highest BCUT2D eigenvalue weighted by atomic mass is 32.1. The molecule has 0 fully saturated rings. The number of benzene rings is 6. The molecule has 1 aromatic heterocycles. The number of fused-ring (bicyclic) bond motifs is 6. The predicted octanol–water partition coefficient (Wildman–Crippen LogP) is 9.80. The average molecular weight is 466 g/mol. The van der Waals surface area contributed by atoms with Gasteiger partial charge in [0.05, 0.1) is 0 Å². The van der Waals surface area contributed by atoms with Crippen LogP contribution >= 0.6 is 11.3 Å². The third-order valence-electron chi connectivity index (χ3n) is 7.08. The minimum absolute atomic E-state index is 1.18. The van der Waals surface area contributed by atoms with Crippen molar-refractivity contribution in [3.63, 3.8) is 0 Å². The molecule has 0 saturated carbocycles. The van der Waals surface area contributed by atoms with E-state index < -0.39 is 0 Å². The molecule has 166 valence electrons. The highest BCUT2D eigenvalue weighted by Gasteiger charge is 2.11. The predicted molar refractivity (Wildman–Crippen MR) is 154 cm³/mol. The first kappa shape index (κ1) is 20.3. The molecule has 0 aliphatic carbocycles. The normalized spacial score (nSPS) is 11.6. The van der Waals surface area contributed by atoms with Gasteiger partial charge in [-0.1, -0.05) is 78.9 Å². The van der Waals surface area contributed by atoms with Crippen LogP contribution in [0.2, 0.25) is 0 Å². The highest BCUT2D eigenvalue weighted by molar-refractivity contribution is 7.25. The summed E-state index contributed by atoms with van der Waals surface area (Å²) in [5.41, 5.74) is 4.89. The summed E-state index contributed by atoms with van der Waals surface area (Å²) in [5, 5.41) is 7.84. The van der Waals surface area contributed by atoms with Crippen molar-refractivity contribution in [2.75, 3.05) is 11.9 Å². The quantitative estimate of drug-likeness (QED) is 0.235. The molecule has 0 N–H and O–H groups in total. The molecule has 2 heteroatoms. The van der Waals surface area contributed by atoms with Crippen LogP contribution in [0.3, 0.4) is 0 Å². The van der Waals surface area contributed by atoms with Gasteiger partial charge in [0.1, 0.15) is 0 Å². The molecule has 0 bridgehead atoms. The molecule has 1 heterocycles. The minimum Gasteiger partial charge on any atom is -0.345 e. The van der Waals surface area contributed by atoms with Crippen molar-refractivity contribution in [1.82, 2.24) is 0 Å². The Morgan fingerprint density at radius 2 is 1.11 bits per heavy atom. The van der Waals surface area contributed by atoms with E-state index in [4.69, 9.17) is 0 Å². The van der Waals surface area contributed by atoms with Gasteiger partial charge in [0.2, 0.25) is 0 Å². The summed E-state index contributed by atoms with van der Waals surface area (Å²) in [4.78, 5) is 2.27. The van der Waals surface area contributed by atoms with Crippen molar-refractivity contribution < 1.29 is 0 Å². The maximum Gasteiger partial charge on any atom is 0.0415 e. The first-order valence-corrected chi connectivity index (χ1v) is 12.7. The third-order valence-corrected chi connectivity index (χ3v) is 8.23. The lowest BCUT2D eigenvalue weighted by atomic mass is 9.93. The fourth-order valence-electron chi connectivity index (χ4n) is 5.23. The van der Waals surface area contributed by atoms with Crippen molar-refractivity contribution >= 4 is 64.4 Å². The second kappa shape index (κ2) is 7.97. The van der Waals surface area contributed by atoms with E-state index >= 15 is 0 Å². The summed E-state index contributed by atoms with van der Waals surface area (Å²) in [6.07, 6.45) is 0. The zero-order chi connectivity index (χ0) is 23.4. The number of thiophene rings is 1. The second-order valence-corrected chi connectivity index (χ2v) is 10.2. The van der Waals surface area contributed by atoms with Crippen molar-refractivity contribution in [2.24, 2.45) is 0 Å². The van der Waals surface area contributed by atoms with Gasteiger partial charge in [-0.2, -0.15) is 0 Å². The summed E-state index contributed by atoms with van der Waals surface area (Å²) >= 11 is 1.86. The van der Waals surface area contributed by atoms with Crippen LogP contribution in [0.25, 0.3) is 52.8 Å². The summed E-state index contributed by atoms with van der Waals surface area (Å²) in [6.45, 7) is 0. The number of hydrogen-bond acceptors (Lipinski definition) is 2. The summed E-state index contributed by atoms with van der Waals surface area (Å²) in [7, 11) is 2.15. The zero-order valence-corrected chi connectivity index (χ0v) is 20.2. The maximum absolute atomic E-state index is 2.33. The largest absolute Gasteiger partial charge is 0.345 e. The molecule has 0 saturated heterocycles. The smallest absolute Gasteiger partial charge is 0.0415 e. The van der Waals surface area contributed by atoms with Crippen molar-refractivity contribution in [1.29, 1.82) is 0 Å². The van der Waals surface area contributed by atoms with Crippen molar-refractivity contribution in [2.45, 2.75) is 0 Å². The van der Waals surface area contributed by atoms with Gasteiger partial charge in [-0.15, -0.1) is 11.3 Å². The molecule has 0 atom stereocenters. The Kier molecular flexibility index (Phi) is 4.61. The fourth-order valence-corrected chi connectivity index (χ4v) is 6.32. The molecule has 35 heavy (non-hydrogen) atoms. The van der Waals surface area contributed by atoms with Gasteiger partial charge in [0.15, 0.2) is 0 Å². The lowest BCUT2D eigenvalue weighted by Gasteiger charge is -2.20. The van der Waals surface area contributed by atoms with Crippen LogP contribution in [0.1, 0.15) is 0 Å². The first-order chi connectivity index (χ1) is 17.3. The molecule has 7 rings (SSSR count). The monoisotopic (exact) mass is 465 g/mol. The maximum atomic E-state index is 2.33. The van der Waals surface area contributed by atoms with Crippen LogP contribution in [0.5, 0.6) is 0 Å². The van der Waals surface area contributed by atoms with E-state index in [-0.39, 0.29) is 0 Å². The Bertz CT molecular complexity index is 1860. The van der Waals surface area contributed by atoms with Crippen molar-refractivity contribution in [3.05, 3.63) is 121 Å². The van der Waals surface area contributed by atoms with Gasteiger partial charge in [0.25, 0.3) is 0 Å². The van der Waals surface area contributed by atoms with E-state index in [1.807, 2.05) is 11.3 Å². The number of nitrogens with zero attached hydrogens (tertiary/aromatic N) is 1. The molecule has 0 aliphatic heterocycles. The summed E-state index contributed by atoms with van der Waals surface area (Å²) in [5.74, 6) is 0. The zero-order valence-electron chi connectivity index (χ0n) is 19.4. The van der Waals surface area contributed by atoms with E-state index in [0.29, 0.717) is 0 Å². The Labute approximate surface area is 208 Å². The lowest BCUT2D eigenvalue weighted by molar-refractivity contribution is 1.21. The van der Waals surface area contributed by atoms with E-state index in [0.717, 1.165) is 0 Å². The topological polar surface area (TPSA) is 3.24 Å². The van der Waals surface area contributed by atoms with Gasteiger partial charge >= 0.3 is 0 Å². The van der Waals surface area contributed by atoms with Crippen LogP contribution in [-0.2, 0) is 0 Å². The van der Waals surface area contributed by atoms with Crippen LogP contribution in [0.4, 0.5) is 11.4 Å². The summed E-state index contributed by atoms with van der Waals surface area (Å²) in [6, 6.07) is 44.1. The molecule has 7 aromatic rings. The van der Waals surface area contributed by atoms with Gasteiger partial charge in [0, 0.05) is 38.6 Å². The third kappa shape index (κ3) is 3.30. The standard InChI is InChI=1S/C33H23NS/c1-34(25-18-19-33-31(21-25)29-12-6-7-13-32(29)35-33)24-16-14-22(15-17-24)30-20-23-8-2-3-9-26(23)27-10-4-5-11-28(27)30/h2-21H,1H3. The van der Waals surface area contributed by atoms with Gasteiger partial charge in [-0.05, 0) is 75.1 Å². The first-order valence-electron chi connectivity index (χ1n) is 11.9. The molecule has 1 nitrogen and oxygen atoms in total. The highest BCUT2D eigenvalue weighted by Crippen LogP contribution is 2.38. The van der Waals surface area contributed by atoms with Crippen molar-refractivity contribution in [3.8, 4) is 11.1 Å². The Hall–Kier alpha value is -4.14. The Morgan fingerprint density at radius 3 is 1.94 bits per heavy atom. The Balaban J connectivity index is 1.29. The molecule has 6 aromatic carbocycles. The van der Waals surface area contributed by atoms with Gasteiger partial charge < -0.3 is 4.90 Å². The van der Waals surface area contributed by atoms with E-state index in [9.17, 15) is 0 Å². The van der Waals surface area contributed by atoms with E-state index in [1.165, 1.54) is 64.2 Å². The van der Waals surface area contributed by atoms with Crippen LogP contribution < -0.4 is 4.90 Å².